The molecule has 0 unspecified atom stereocenters. The zero-order valence-electron chi connectivity index (χ0n) is 19.8. The highest BCUT2D eigenvalue weighted by molar-refractivity contribution is 5.99. The molecule has 0 aliphatic carbocycles. The van der Waals surface area contributed by atoms with E-state index in [1.54, 1.807) is 10.7 Å². The van der Waals surface area contributed by atoms with Gasteiger partial charge in [0.2, 0.25) is 5.91 Å². The van der Waals surface area contributed by atoms with E-state index >= 15 is 0 Å². The third-order valence-corrected chi connectivity index (χ3v) is 4.89. The molecule has 31 heavy (non-hydrogen) atoms. The lowest BCUT2D eigenvalue weighted by Gasteiger charge is -2.25. The van der Waals surface area contributed by atoms with Gasteiger partial charge in [0.05, 0.1) is 16.8 Å². The average Bonchev–Trinajstić information content (AvgIpc) is 3.09. The van der Waals surface area contributed by atoms with Gasteiger partial charge in [-0.2, -0.15) is 5.10 Å². The molecule has 0 atom stereocenters. The van der Waals surface area contributed by atoms with Crippen molar-refractivity contribution in [2.75, 3.05) is 18.4 Å². The molecule has 1 aromatic carbocycles. The molecule has 2 rings (SSSR count). The van der Waals surface area contributed by atoms with Crippen molar-refractivity contribution in [1.29, 1.82) is 0 Å². The van der Waals surface area contributed by atoms with E-state index in [2.05, 4.69) is 26.1 Å². The third kappa shape index (κ3) is 6.39. The summed E-state index contributed by atoms with van der Waals surface area (Å²) in [4.78, 5) is 27.2. The summed E-state index contributed by atoms with van der Waals surface area (Å²) in [5.74, 6) is -0.834. The molecule has 0 aliphatic rings. The lowest BCUT2D eigenvalue weighted by molar-refractivity contribution is -0.117. The molecule has 0 spiro atoms. The van der Waals surface area contributed by atoms with Crippen LogP contribution in [0.4, 0.5) is 10.2 Å². The van der Waals surface area contributed by atoms with E-state index < -0.39 is 11.7 Å². The summed E-state index contributed by atoms with van der Waals surface area (Å²) in [6, 6.07) is 7.72. The Bertz CT molecular complexity index is 922. The van der Waals surface area contributed by atoms with Crippen molar-refractivity contribution in [3.63, 3.8) is 0 Å². The molecular formula is C24H35FN4O2. The number of anilines is 1. The Morgan fingerprint density at radius 1 is 1.13 bits per heavy atom. The molecule has 2 amide bonds. The Balaban J connectivity index is 2.26. The standard InChI is InChI=1S/C24H35FN4O2/c1-8-9-14-28(22(31)17-12-10-11-13-18(17)25)16-21(30)26-20-15-19(23(2,3)4)27-29(20)24(5,6)7/h10-13,15H,8-9,14,16H2,1-7H3,(H,26,30). The van der Waals surface area contributed by atoms with Gasteiger partial charge >= 0.3 is 0 Å². The number of nitrogens with one attached hydrogen (secondary N) is 1. The van der Waals surface area contributed by atoms with E-state index in [4.69, 9.17) is 5.10 Å². The third-order valence-electron chi connectivity index (χ3n) is 4.89. The van der Waals surface area contributed by atoms with Gasteiger partial charge in [-0.3, -0.25) is 9.59 Å². The second-order valence-electron chi connectivity index (χ2n) is 9.86. The lowest BCUT2D eigenvalue weighted by Crippen LogP contribution is -2.39. The number of rotatable bonds is 7. The van der Waals surface area contributed by atoms with Gasteiger partial charge in [0, 0.05) is 18.0 Å². The van der Waals surface area contributed by atoms with Crippen molar-refractivity contribution in [2.24, 2.45) is 0 Å². The number of carbonyl (C=O) groups excluding carboxylic acids is 2. The van der Waals surface area contributed by atoms with Crippen LogP contribution in [-0.4, -0.2) is 39.6 Å². The van der Waals surface area contributed by atoms with E-state index in [1.807, 2.05) is 33.8 Å². The molecule has 0 saturated carbocycles. The smallest absolute Gasteiger partial charge is 0.257 e. The summed E-state index contributed by atoms with van der Waals surface area (Å²) in [5, 5.41) is 7.61. The minimum Gasteiger partial charge on any atom is -0.329 e. The van der Waals surface area contributed by atoms with Gasteiger partial charge in [-0.1, -0.05) is 46.2 Å². The number of nitrogens with zero attached hydrogens (tertiary/aromatic N) is 3. The van der Waals surface area contributed by atoms with Crippen molar-refractivity contribution in [3.05, 3.63) is 47.4 Å². The average molecular weight is 431 g/mol. The summed E-state index contributed by atoms with van der Waals surface area (Å²) in [6.07, 6.45) is 1.58. The molecule has 0 fully saturated rings. The highest BCUT2D eigenvalue weighted by Crippen LogP contribution is 2.28. The topological polar surface area (TPSA) is 67.2 Å². The van der Waals surface area contributed by atoms with Crippen LogP contribution in [-0.2, 0) is 15.7 Å². The number of amides is 2. The number of hydrogen-bond acceptors (Lipinski definition) is 3. The highest BCUT2D eigenvalue weighted by atomic mass is 19.1. The van der Waals surface area contributed by atoms with Crippen LogP contribution in [0.15, 0.2) is 30.3 Å². The Morgan fingerprint density at radius 3 is 2.32 bits per heavy atom. The van der Waals surface area contributed by atoms with E-state index in [9.17, 15) is 14.0 Å². The molecule has 0 radical (unpaired) electrons. The van der Waals surface area contributed by atoms with Crippen molar-refractivity contribution in [1.82, 2.24) is 14.7 Å². The van der Waals surface area contributed by atoms with Gasteiger partial charge in [-0.05, 0) is 39.3 Å². The minimum atomic E-state index is -0.588. The van der Waals surface area contributed by atoms with Crippen LogP contribution >= 0.6 is 0 Å². The van der Waals surface area contributed by atoms with Crippen molar-refractivity contribution >= 4 is 17.6 Å². The number of aromatic nitrogens is 2. The predicted molar refractivity (Wildman–Crippen MR) is 122 cm³/mol. The zero-order valence-corrected chi connectivity index (χ0v) is 19.8. The van der Waals surface area contributed by atoms with Crippen molar-refractivity contribution in [3.8, 4) is 0 Å². The van der Waals surface area contributed by atoms with Crippen LogP contribution < -0.4 is 5.32 Å². The first-order valence-electron chi connectivity index (χ1n) is 10.8. The van der Waals surface area contributed by atoms with Gasteiger partial charge in [0.25, 0.3) is 5.91 Å². The molecule has 0 saturated heterocycles. The lowest BCUT2D eigenvalue weighted by atomic mass is 9.92. The number of hydrogen-bond donors (Lipinski definition) is 1. The molecule has 1 heterocycles. The summed E-state index contributed by atoms with van der Waals surface area (Å²) in [7, 11) is 0. The molecule has 170 valence electrons. The van der Waals surface area contributed by atoms with Gasteiger partial charge in [-0.25, -0.2) is 9.07 Å². The first-order chi connectivity index (χ1) is 14.3. The summed E-state index contributed by atoms with van der Waals surface area (Å²) in [6.45, 7) is 14.4. The number of carbonyl (C=O) groups is 2. The Kier molecular flexibility index (Phi) is 7.63. The van der Waals surface area contributed by atoms with Crippen molar-refractivity contribution < 1.29 is 14.0 Å². The van der Waals surface area contributed by atoms with Crippen LogP contribution in [0.3, 0.4) is 0 Å². The molecule has 0 bridgehead atoms. The fraction of sp³-hybridized carbons (Fsp3) is 0.542. The number of halogens is 1. The molecule has 1 N–H and O–H groups in total. The number of benzene rings is 1. The molecule has 0 aliphatic heterocycles. The zero-order chi connectivity index (χ0) is 23.4. The highest BCUT2D eigenvalue weighted by Gasteiger charge is 2.27. The minimum absolute atomic E-state index is 0.0267. The van der Waals surface area contributed by atoms with Gasteiger partial charge in [0.1, 0.15) is 18.2 Å². The molecule has 1 aromatic heterocycles. The SMILES string of the molecule is CCCCN(CC(=O)Nc1cc(C(C)(C)C)nn1C(C)(C)C)C(=O)c1ccccc1F. The molecular weight excluding hydrogens is 395 g/mol. The summed E-state index contributed by atoms with van der Waals surface area (Å²) >= 11 is 0. The number of unbranched alkanes of at least 4 members (excludes halogenated alkanes) is 1. The Labute approximate surface area is 184 Å². The van der Waals surface area contributed by atoms with Crippen LogP contribution in [0, 0.1) is 5.82 Å². The fourth-order valence-electron chi connectivity index (χ4n) is 3.11. The summed E-state index contributed by atoms with van der Waals surface area (Å²) < 4.78 is 15.9. The molecule has 2 aromatic rings. The maximum absolute atomic E-state index is 14.1. The van der Waals surface area contributed by atoms with E-state index in [0.29, 0.717) is 12.4 Å². The normalized spacial score (nSPS) is 12.0. The van der Waals surface area contributed by atoms with Crippen LogP contribution in [0.1, 0.15) is 77.4 Å². The van der Waals surface area contributed by atoms with Crippen LogP contribution in [0.25, 0.3) is 0 Å². The van der Waals surface area contributed by atoms with Crippen molar-refractivity contribution in [2.45, 2.75) is 72.3 Å². The molecule has 6 nitrogen and oxygen atoms in total. The van der Waals surface area contributed by atoms with Gasteiger partial charge in [-0.15, -0.1) is 0 Å². The Hall–Kier alpha value is -2.70. The van der Waals surface area contributed by atoms with Crippen LogP contribution in [0.5, 0.6) is 0 Å². The van der Waals surface area contributed by atoms with E-state index in [-0.39, 0.29) is 29.0 Å². The monoisotopic (exact) mass is 430 g/mol. The predicted octanol–water partition coefficient (Wildman–Crippen LogP) is 4.96. The maximum atomic E-state index is 14.1. The second-order valence-corrected chi connectivity index (χ2v) is 9.86. The quantitative estimate of drug-likeness (QED) is 0.675. The van der Waals surface area contributed by atoms with E-state index in [1.165, 1.54) is 23.1 Å². The maximum Gasteiger partial charge on any atom is 0.257 e. The second kappa shape index (κ2) is 9.62. The van der Waals surface area contributed by atoms with Gasteiger partial charge in [0.15, 0.2) is 0 Å². The summed E-state index contributed by atoms with van der Waals surface area (Å²) in [5.41, 5.74) is 0.324. The molecule has 7 heteroatoms. The van der Waals surface area contributed by atoms with E-state index in [0.717, 1.165) is 18.5 Å². The van der Waals surface area contributed by atoms with Crippen LogP contribution in [0.2, 0.25) is 0 Å². The first kappa shape index (κ1) is 24.6. The first-order valence-corrected chi connectivity index (χ1v) is 10.8. The largest absolute Gasteiger partial charge is 0.329 e. The van der Waals surface area contributed by atoms with Gasteiger partial charge < -0.3 is 10.2 Å². The Morgan fingerprint density at radius 2 is 1.77 bits per heavy atom. The fourth-order valence-corrected chi connectivity index (χ4v) is 3.11.